The molecule has 2 bridgehead atoms. The van der Waals surface area contributed by atoms with Gasteiger partial charge in [-0.1, -0.05) is 16.7 Å². The van der Waals surface area contributed by atoms with Crippen LogP contribution in [0, 0.1) is 18.8 Å². The summed E-state index contributed by atoms with van der Waals surface area (Å²) in [7, 11) is 1.53. The first kappa shape index (κ1) is 22.0. The van der Waals surface area contributed by atoms with E-state index in [2.05, 4.69) is 25.5 Å². The lowest BCUT2D eigenvalue weighted by Gasteiger charge is -2.24. The number of aromatic nitrogens is 4. The fourth-order valence-electron chi connectivity index (χ4n) is 4.69. The molecule has 5 rings (SSSR count). The van der Waals surface area contributed by atoms with E-state index >= 15 is 0 Å². The van der Waals surface area contributed by atoms with Crippen LogP contribution in [-0.2, 0) is 0 Å². The zero-order chi connectivity index (χ0) is 23.1. The third-order valence-electron chi connectivity index (χ3n) is 6.26. The number of aryl methyl sites for hydroxylation is 1. The third-order valence-corrected chi connectivity index (χ3v) is 7.20. The Bertz CT molecular complexity index is 1200. The van der Waals surface area contributed by atoms with E-state index in [0.717, 1.165) is 25.0 Å². The Balaban J connectivity index is 1.35. The van der Waals surface area contributed by atoms with E-state index in [1.54, 1.807) is 12.1 Å². The summed E-state index contributed by atoms with van der Waals surface area (Å²) in [6.07, 6.45) is 5.41. The molecule has 0 saturated heterocycles. The Morgan fingerprint density at radius 2 is 2.00 bits per heavy atom. The summed E-state index contributed by atoms with van der Waals surface area (Å²) in [6.45, 7) is 1.84. The van der Waals surface area contributed by atoms with Crippen molar-refractivity contribution in [3.05, 3.63) is 40.9 Å². The van der Waals surface area contributed by atoms with Crippen LogP contribution in [0.4, 0.5) is 5.13 Å². The zero-order valence-electron chi connectivity index (χ0n) is 18.0. The monoisotopic (exact) mass is 487 g/mol. The molecule has 0 radical (unpaired) electrons. The molecule has 2 fully saturated rings. The number of anilines is 1. The van der Waals surface area contributed by atoms with Gasteiger partial charge in [-0.25, -0.2) is 4.98 Å². The van der Waals surface area contributed by atoms with Gasteiger partial charge in [0.1, 0.15) is 17.0 Å². The SMILES string of the molecule is COc1cnc(Cl)cc1-c1cc(C)ncc1C(=O)Nc1nnc(O[C@@H]2C[C@@H]3C[C@H]2C[C@H]3O)s1. The first-order valence-electron chi connectivity index (χ1n) is 10.6. The second-order valence-corrected chi connectivity index (χ2v) is 9.68. The molecule has 0 aromatic carbocycles. The maximum absolute atomic E-state index is 13.1. The lowest BCUT2D eigenvalue weighted by molar-refractivity contribution is 0.0565. The Hall–Kier alpha value is -2.82. The van der Waals surface area contributed by atoms with Crippen LogP contribution in [0.5, 0.6) is 10.9 Å². The molecule has 0 unspecified atom stereocenters. The molecule has 3 aromatic rings. The van der Waals surface area contributed by atoms with Crippen molar-refractivity contribution in [2.24, 2.45) is 11.8 Å². The molecule has 3 aromatic heterocycles. The van der Waals surface area contributed by atoms with Gasteiger partial charge in [0, 0.05) is 23.0 Å². The number of fused-ring (bicyclic) bond motifs is 2. The number of carbonyl (C=O) groups is 1. The minimum Gasteiger partial charge on any atom is -0.494 e. The second-order valence-electron chi connectivity index (χ2n) is 8.36. The second kappa shape index (κ2) is 8.85. The van der Waals surface area contributed by atoms with Gasteiger partial charge < -0.3 is 14.6 Å². The first-order chi connectivity index (χ1) is 15.9. The van der Waals surface area contributed by atoms with E-state index in [1.807, 2.05) is 6.92 Å². The molecule has 11 heteroatoms. The number of aliphatic hydroxyl groups excluding tert-OH is 1. The highest BCUT2D eigenvalue weighted by atomic mass is 35.5. The highest BCUT2D eigenvalue weighted by molar-refractivity contribution is 7.17. The Morgan fingerprint density at radius 3 is 2.73 bits per heavy atom. The van der Waals surface area contributed by atoms with Crippen molar-refractivity contribution in [3.63, 3.8) is 0 Å². The molecule has 33 heavy (non-hydrogen) atoms. The number of methoxy groups -OCH3 is 1. The van der Waals surface area contributed by atoms with Crippen molar-refractivity contribution < 1.29 is 19.4 Å². The van der Waals surface area contributed by atoms with Gasteiger partial charge in [0.15, 0.2) is 0 Å². The maximum Gasteiger partial charge on any atom is 0.296 e. The van der Waals surface area contributed by atoms with E-state index in [4.69, 9.17) is 21.1 Å². The van der Waals surface area contributed by atoms with Crippen LogP contribution >= 0.6 is 22.9 Å². The summed E-state index contributed by atoms with van der Waals surface area (Å²) in [5.41, 5.74) is 2.32. The quantitative estimate of drug-likeness (QED) is 0.504. The molecule has 3 heterocycles. The van der Waals surface area contributed by atoms with Gasteiger partial charge in [-0.3, -0.25) is 15.1 Å². The summed E-state index contributed by atoms with van der Waals surface area (Å²) < 4.78 is 11.4. The molecule has 0 spiro atoms. The van der Waals surface area contributed by atoms with Crippen molar-refractivity contribution in [2.45, 2.75) is 38.4 Å². The molecule has 2 saturated carbocycles. The molecular weight excluding hydrogens is 466 g/mol. The maximum atomic E-state index is 13.1. The van der Waals surface area contributed by atoms with Gasteiger partial charge >= 0.3 is 0 Å². The van der Waals surface area contributed by atoms with Crippen LogP contribution in [0.25, 0.3) is 11.1 Å². The molecule has 172 valence electrons. The topological polar surface area (TPSA) is 119 Å². The van der Waals surface area contributed by atoms with Gasteiger partial charge in [0.2, 0.25) is 5.13 Å². The molecule has 2 N–H and O–H groups in total. The average molecular weight is 488 g/mol. The standard InChI is InChI=1S/C22H22ClN5O4S/c1-10-3-13(14-7-19(23)25-9-18(14)31-2)15(8-24-10)20(30)26-21-27-28-22(33-21)32-17-6-11-4-12(17)5-16(11)29/h3,7-9,11-12,16-17,29H,4-6H2,1-2H3,(H,26,27,30)/t11-,12-,16+,17+/m0/s1. The number of pyridine rings is 2. The number of aliphatic hydroxyl groups is 1. The van der Waals surface area contributed by atoms with Crippen molar-refractivity contribution in [1.29, 1.82) is 0 Å². The molecule has 2 aliphatic rings. The van der Waals surface area contributed by atoms with Crippen LogP contribution < -0.4 is 14.8 Å². The number of carbonyl (C=O) groups excluding carboxylic acids is 1. The van der Waals surface area contributed by atoms with Crippen LogP contribution in [0.1, 0.15) is 35.3 Å². The lowest BCUT2D eigenvalue weighted by Crippen LogP contribution is -2.29. The Labute approximate surface area is 199 Å². The van der Waals surface area contributed by atoms with E-state index in [1.165, 1.54) is 30.8 Å². The summed E-state index contributed by atoms with van der Waals surface area (Å²) in [6, 6.07) is 3.44. The highest BCUT2D eigenvalue weighted by Crippen LogP contribution is 2.46. The third kappa shape index (κ3) is 4.38. The molecule has 0 aliphatic heterocycles. The average Bonchev–Trinajstić information content (AvgIpc) is 3.49. The predicted octanol–water partition coefficient (Wildman–Crippen LogP) is 3.76. The number of rotatable bonds is 6. The first-order valence-corrected chi connectivity index (χ1v) is 11.8. The summed E-state index contributed by atoms with van der Waals surface area (Å²) >= 11 is 7.27. The number of nitrogens with zero attached hydrogens (tertiary/aromatic N) is 4. The van der Waals surface area contributed by atoms with Crippen molar-refractivity contribution in [1.82, 2.24) is 20.2 Å². The predicted molar refractivity (Wildman–Crippen MR) is 123 cm³/mol. The number of halogens is 1. The highest BCUT2D eigenvalue weighted by Gasteiger charge is 2.46. The lowest BCUT2D eigenvalue weighted by atomic mass is 9.95. The van der Waals surface area contributed by atoms with E-state index in [-0.39, 0.29) is 17.4 Å². The van der Waals surface area contributed by atoms with Gasteiger partial charge in [0.25, 0.3) is 11.1 Å². The minimum absolute atomic E-state index is 0.0340. The molecule has 4 atom stereocenters. The number of hydrogen-bond acceptors (Lipinski definition) is 9. The number of hydrogen-bond donors (Lipinski definition) is 2. The van der Waals surface area contributed by atoms with Gasteiger partial charge in [-0.15, -0.1) is 5.10 Å². The fourth-order valence-corrected chi connectivity index (χ4v) is 5.49. The number of amides is 1. The summed E-state index contributed by atoms with van der Waals surface area (Å²) in [4.78, 5) is 21.5. The van der Waals surface area contributed by atoms with E-state index in [9.17, 15) is 9.90 Å². The molecule has 9 nitrogen and oxygen atoms in total. The Morgan fingerprint density at radius 1 is 1.15 bits per heavy atom. The van der Waals surface area contributed by atoms with Crippen molar-refractivity contribution >= 4 is 34.0 Å². The summed E-state index contributed by atoms with van der Waals surface area (Å²) in [5.74, 6) is 0.744. The fraction of sp³-hybridized carbons (Fsp3) is 0.409. The number of ether oxygens (including phenoxy) is 2. The van der Waals surface area contributed by atoms with Crippen molar-refractivity contribution in [2.75, 3.05) is 12.4 Å². The van der Waals surface area contributed by atoms with Crippen LogP contribution in [-0.4, -0.2) is 50.5 Å². The van der Waals surface area contributed by atoms with Crippen molar-refractivity contribution in [3.8, 4) is 22.1 Å². The number of nitrogens with one attached hydrogen (secondary N) is 1. The van der Waals surface area contributed by atoms with E-state index in [0.29, 0.717) is 44.6 Å². The van der Waals surface area contributed by atoms with Gasteiger partial charge in [-0.05, 0) is 61.5 Å². The molecular formula is C22H22ClN5O4S. The zero-order valence-corrected chi connectivity index (χ0v) is 19.6. The summed E-state index contributed by atoms with van der Waals surface area (Å²) in [5, 5.41) is 21.9. The van der Waals surface area contributed by atoms with Crippen LogP contribution in [0.3, 0.4) is 0 Å². The van der Waals surface area contributed by atoms with Gasteiger partial charge in [0.05, 0.1) is 25.0 Å². The Kier molecular flexibility index (Phi) is 5.90. The largest absolute Gasteiger partial charge is 0.494 e. The molecule has 2 aliphatic carbocycles. The van der Waals surface area contributed by atoms with Crippen LogP contribution in [0.15, 0.2) is 24.5 Å². The van der Waals surface area contributed by atoms with Gasteiger partial charge in [-0.2, -0.15) is 0 Å². The molecule has 1 amide bonds. The normalized spacial score (nSPS) is 23.5. The van der Waals surface area contributed by atoms with E-state index < -0.39 is 5.91 Å². The smallest absolute Gasteiger partial charge is 0.296 e. The van der Waals surface area contributed by atoms with Crippen LogP contribution in [0.2, 0.25) is 5.15 Å². The minimum atomic E-state index is -0.391.